The van der Waals surface area contributed by atoms with Gasteiger partial charge in [0.05, 0.1) is 16.1 Å². The van der Waals surface area contributed by atoms with Crippen molar-refractivity contribution in [3.05, 3.63) is 89.0 Å². The lowest BCUT2D eigenvalue weighted by molar-refractivity contribution is 0.0734. The van der Waals surface area contributed by atoms with E-state index in [1.54, 1.807) is 30.3 Å². The van der Waals surface area contributed by atoms with Gasteiger partial charge < -0.3 is 4.74 Å². The molecule has 0 aliphatic carbocycles. The van der Waals surface area contributed by atoms with Gasteiger partial charge in [0, 0.05) is 0 Å². The number of hydrogen-bond acceptors (Lipinski definition) is 4. The largest absolute Gasteiger partial charge is 0.423 e. The molecule has 3 aromatic carbocycles. The van der Waals surface area contributed by atoms with E-state index in [0.717, 1.165) is 16.7 Å². The van der Waals surface area contributed by atoms with Crippen LogP contribution in [0.3, 0.4) is 0 Å². The summed E-state index contributed by atoms with van der Waals surface area (Å²) in [5.74, 6) is -0.226. The van der Waals surface area contributed by atoms with Gasteiger partial charge in [0.25, 0.3) is 10.0 Å². The van der Waals surface area contributed by atoms with Crippen LogP contribution < -0.4 is 9.46 Å². The molecule has 0 aromatic heterocycles. The van der Waals surface area contributed by atoms with Gasteiger partial charge in [-0.15, -0.1) is 0 Å². The minimum Gasteiger partial charge on any atom is -0.423 e. The first kappa shape index (κ1) is 19.6. The Morgan fingerprint density at radius 3 is 2.00 bits per heavy atom. The van der Waals surface area contributed by atoms with Crippen LogP contribution in [0.25, 0.3) is 0 Å². The Morgan fingerprint density at radius 2 is 1.43 bits per heavy atom. The van der Waals surface area contributed by atoms with Crippen molar-refractivity contribution in [3.63, 3.8) is 0 Å². The molecule has 144 valence electrons. The van der Waals surface area contributed by atoms with Crippen LogP contribution in [0.2, 0.25) is 0 Å². The summed E-state index contributed by atoms with van der Waals surface area (Å²) in [5, 5.41) is 0. The molecule has 28 heavy (non-hydrogen) atoms. The minimum absolute atomic E-state index is 0.0892. The standard InChI is InChI=1S/C22H21NO4S/c1-15-13-16(2)21(17(3)14-15)23-28(25,26)20-11-9-19(10-12-20)27-22(24)18-7-5-4-6-8-18/h4-14,23H,1-3H3. The lowest BCUT2D eigenvalue weighted by Gasteiger charge is -2.14. The van der Waals surface area contributed by atoms with Crippen LogP contribution in [0.1, 0.15) is 27.0 Å². The Morgan fingerprint density at radius 1 is 0.857 bits per heavy atom. The molecule has 0 bridgehead atoms. The Kier molecular flexibility index (Phi) is 5.51. The summed E-state index contributed by atoms with van der Waals surface area (Å²) in [6.45, 7) is 5.70. The molecule has 3 aromatic rings. The molecule has 1 N–H and O–H groups in total. The maximum absolute atomic E-state index is 12.7. The molecular weight excluding hydrogens is 374 g/mol. The van der Waals surface area contributed by atoms with Crippen molar-refractivity contribution in [2.75, 3.05) is 4.72 Å². The normalized spacial score (nSPS) is 11.1. The lowest BCUT2D eigenvalue weighted by atomic mass is 10.1. The van der Waals surface area contributed by atoms with Gasteiger partial charge in [0.15, 0.2) is 0 Å². The summed E-state index contributed by atoms with van der Waals surface area (Å²) in [6.07, 6.45) is 0. The van der Waals surface area contributed by atoms with Crippen molar-refractivity contribution in [2.45, 2.75) is 25.7 Å². The van der Waals surface area contributed by atoms with Crippen LogP contribution >= 0.6 is 0 Å². The molecule has 5 nitrogen and oxygen atoms in total. The van der Waals surface area contributed by atoms with E-state index in [9.17, 15) is 13.2 Å². The summed E-state index contributed by atoms with van der Waals surface area (Å²) in [4.78, 5) is 12.2. The van der Waals surface area contributed by atoms with Crippen molar-refractivity contribution >= 4 is 21.7 Å². The average Bonchev–Trinajstić information content (AvgIpc) is 2.66. The smallest absolute Gasteiger partial charge is 0.343 e. The fourth-order valence-corrected chi connectivity index (χ4v) is 4.16. The molecule has 0 fully saturated rings. The third kappa shape index (κ3) is 4.40. The monoisotopic (exact) mass is 395 g/mol. The summed E-state index contributed by atoms with van der Waals surface area (Å²) in [7, 11) is -3.76. The second-order valence-corrected chi connectivity index (χ2v) is 8.29. The second kappa shape index (κ2) is 7.86. The number of benzene rings is 3. The van der Waals surface area contributed by atoms with Gasteiger partial charge in [0.1, 0.15) is 5.75 Å². The molecule has 0 spiro atoms. The zero-order chi connectivity index (χ0) is 20.3. The van der Waals surface area contributed by atoms with Crippen LogP contribution in [-0.4, -0.2) is 14.4 Å². The molecule has 0 saturated heterocycles. The Balaban J connectivity index is 1.78. The predicted molar refractivity (Wildman–Crippen MR) is 109 cm³/mol. The summed E-state index contributed by atoms with van der Waals surface area (Å²) < 4.78 is 33.4. The molecule has 0 saturated carbocycles. The van der Waals surface area contributed by atoms with Crippen molar-refractivity contribution in [1.82, 2.24) is 0 Å². The highest BCUT2D eigenvalue weighted by Crippen LogP contribution is 2.26. The van der Waals surface area contributed by atoms with Crippen molar-refractivity contribution in [2.24, 2.45) is 0 Å². The number of ether oxygens (including phenoxy) is 1. The van der Waals surface area contributed by atoms with E-state index in [2.05, 4.69) is 4.72 Å². The number of aryl methyl sites for hydroxylation is 3. The topological polar surface area (TPSA) is 72.5 Å². The first-order valence-corrected chi connectivity index (χ1v) is 10.2. The number of carbonyl (C=O) groups excluding carboxylic acids is 1. The van der Waals surface area contributed by atoms with Gasteiger partial charge >= 0.3 is 5.97 Å². The maximum atomic E-state index is 12.7. The van der Waals surface area contributed by atoms with E-state index < -0.39 is 16.0 Å². The average molecular weight is 395 g/mol. The van der Waals surface area contributed by atoms with E-state index in [-0.39, 0.29) is 10.6 Å². The molecule has 0 unspecified atom stereocenters. The van der Waals surface area contributed by atoms with Crippen LogP contribution in [0, 0.1) is 20.8 Å². The molecular formula is C22H21NO4S. The zero-order valence-electron chi connectivity index (χ0n) is 15.9. The minimum atomic E-state index is -3.76. The third-order valence-electron chi connectivity index (χ3n) is 4.27. The van der Waals surface area contributed by atoms with Gasteiger partial charge in [-0.3, -0.25) is 4.72 Å². The number of rotatable bonds is 5. The quantitative estimate of drug-likeness (QED) is 0.505. The first-order chi connectivity index (χ1) is 13.3. The fourth-order valence-electron chi connectivity index (χ4n) is 2.96. The summed E-state index contributed by atoms with van der Waals surface area (Å²) in [6, 6.07) is 18.2. The Hall–Kier alpha value is -3.12. The van der Waals surface area contributed by atoms with Gasteiger partial charge in [0.2, 0.25) is 0 Å². The van der Waals surface area contributed by atoms with Crippen LogP contribution in [-0.2, 0) is 10.0 Å². The summed E-state index contributed by atoms with van der Waals surface area (Å²) in [5.41, 5.74) is 3.78. The van der Waals surface area contributed by atoms with Crippen LogP contribution in [0.5, 0.6) is 5.75 Å². The van der Waals surface area contributed by atoms with Crippen LogP contribution in [0.15, 0.2) is 71.6 Å². The van der Waals surface area contributed by atoms with E-state index >= 15 is 0 Å². The number of nitrogens with one attached hydrogen (secondary N) is 1. The van der Waals surface area contributed by atoms with Gasteiger partial charge in [-0.05, 0) is 68.3 Å². The van der Waals surface area contributed by atoms with Crippen molar-refractivity contribution in [3.8, 4) is 5.75 Å². The van der Waals surface area contributed by atoms with Crippen LogP contribution in [0.4, 0.5) is 5.69 Å². The van der Waals surface area contributed by atoms with Gasteiger partial charge in [-0.2, -0.15) is 0 Å². The fraction of sp³-hybridized carbons (Fsp3) is 0.136. The van der Waals surface area contributed by atoms with E-state index in [0.29, 0.717) is 11.3 Å². The van der Waals surface area contributed by atoms with Gasteiger partial charge in [-0.25, -0.2) is 13.2 Å². The number of sulfonamides is 1. The predicted octanol–water partition coefficient (Wildman–Crippen LogP) is 4.63. The lowest BCUT2D eigenvalue weighted by Crippen LogP contribution is -2.15. The number of hydrogen-bond donors (Lipinski definition) is 1. The Bertz CT molecular complexity index is 1080. The molecule has 0 aliphatic heterocycles. The maximum Gasteiger partial charge on any atom is 0.343 e. The van der Waals surface area contributed by atoms with Crippen molar-refractivity contribution in [1.29, 1.82) is 0 Å². The highest BCUT2D eigenvalue weighted by Gasteiger charge is 2.17. The molecule has 0 aliphatic rings. The van der Waals surface area contributed by atoms with Crippen molar-refractivity contribution < 1.29 is 17.9 Å². The summed E-state index contributed by atoms with van der Waals surface area (Å²) >= 11 is 0. The number of carbonyl (C=O) groups is 1. The second-order valence-electron chi connectivity index (χ2n) is 6.61. The molecule has 0 amide bonds. The number of esters is 1. The molecule has 0 radical (unpaired) electrons. The van der Waals surface area contributed by atoms with E-state index in [1.807, 2.05) is 32.9 Å². The zero-order valence-corrected chi connectivity index (χ0v) is 16.7. The molecule has 0 atom stereocenters. The molecule has 3 rings (SSSR count). The Labute approximate surface area is 165 Å². The molecule has 0 heterocycles. The van der Waals surface area contributed by atoms with E-state index in [1.165, 1.54) is 24.3 Å². The highest BCUT2D eigenvalue weighted by atomic mass is 32.2. The van der Waals surface area contributed by atoms with Gasteiger partial charge in [-0.1, -0.05) is 35.9 Å². The molecule has 6 heteroatoms. The SMILES string of the molecule is Cc1cc(C)c(NS(=O)(=O)c2ccc(OC(=O)c3ccccc3)cc2)c(C)c1. The highest BCUT2D eigenvalue weighted by molar-refractivity contribution is 7.92. The first-order valence-electron chi connectivity index (χ1n) is 8.74. The van der Waals surface area contributed by atoms with E-state index in [4.69, 9.17) is 4.74 Å². The third-order valence-corrected chi connectivity index (χ3v) is 5.63. The number of anilines is 1.